The summed E-state index contributed by atoms with van der Waals surface area (Å²) in [5, 5.41) is 11.0. The first kappa shape index (κ1) is 16.4. The predicted octanol–water partition coefficient (Wildman–Crippen LogP) is 4.15. The van der Waals surface area contributed by atoms with Gasteiger partial charge >= 0.3 is 6.18 Å². The number of hydrogen-bond donors (Lipinski definition) is 1. The van der Waals surface area contributed by atoms with Crippen molar-refractivity contribution in [2.75, 3.05) is 5.32 Å². The van der Waals surface area contributed by atoms with Crippen LogP contribution in [0.25, 0.3) is 0 Å². The third kappa shape index (κ3) is 4.03. The maximum absolute atomic E-state index is 12.9. The highest BCUT2D eigenvalue weighted by Gasteiger charge is 2.34. The first-order chi connectivity index (χ1) is 10.4. The molecule has 0 saturated heterocycles. The molecule has 0 fully saturated rings. The quantitative estimate of drug-likeness (QED) is 0.896. The summed E-state index contributed by atoms with van der Waals surface area (Å²) >= 11 is 1.17. The highest BCUT2D eigenvalue weighted by molar-refractivity contribution is 7.15. The van der Waals surface area contributed by atoms with E-state index in [4.69, 9.17) is 0 Å². The van der Waals surface area contributed by atoms with Gasteiger partial charge in [0.15, 0.2) is 0 Å². The van der Waals surface area contributed by atoms with E-state index in [1.807, 2.05) is 6.92 Å². The number of nitrogens with zero attached hydrogens (tertiary/aromatic N) is 2. The molecule has 1 aromatic carbocycles. The van der Waals surface area contributed by atoms with Gasteiger partial charge in [-0.3, -0.25) is 10.1 Å². The van der Waals surface area contributed by atoms with E-state index in [1.54, 1.807) is 0 Å². The number of halogens is 3. The second kappa shape index (κ2) is 6.87. The summed E-state index contributed by atoms with van der Waals surface area (Å²) in [5.74, 6) is -0.842. The average molecular weight is 329 g/mol. The Morgan fingerprint density at radius 3 is 2.68 bits per heavy atom. The summed E-state index contributed by atoms with van der Waals surface area (Å²) in [4.78, 5) is 12.0. The van der Waals surface area contributed by atoms with E-state index in [9.17, 15) is 18.0 Å². The van der Waals surface area contributed by atoms with Crippen LogP contribution in [0.3, 0.4) is 0 Å². The van der Waals surface area contributed by atoms with Crippen molar-refractivity contribution in [3.8, 4) is 0 Å². The van der Waals surface area contributed by atoms with Gasteiger partial charge in [-0.1, -0.05) is 36.8 Å². The Labute approximate surface area is 129 Å². The Morgan fingerprint density at radius 2 is 2.00 bits per heavy atom. The van der Waals surface area contributed by atoms with Crippen LogP contribution < -0.4 is 5.32 Å². The van der Waals surface area contributed by atoms with Gasteiger partial charge in [-0.2, -0.15) is 13.2 Å². The highest BCUT2D eigenvalue weighted by Crippen LogP contribution is 2.32. The Morgan fingerprint density at radius 1 is 1.27 bits per heavy atom. The molecule has 1 N–H and O–H groups in total. The number of carbonyl (C=O) groups excluding carboxylic acids is 1. The Kier molecular flexibility index (Phi) is 5.12. The number of carbonyl (C=O) groups is 1. The Balaban J connectivity index is 2.14. The second-order valence-electron chi connectivity index (χ2n) is 4.60. The van der Waals surface area contributed by atoms with Crippen molar-refractivity contribution in [3.05, 3.63) is 40.4 Å². The minimum atomic E-state index is -4.58. The fourth-order valence-electron chi connectivity index (χ4n) is 1.83. The number of anilines is 1. The number of amides is 1. The van der Waals surface area contributed by atoms with E-state index >= 15 is 0 Å². The maximum Gasteiger partial charge on any atom is 0.417 e. The largest absolute Gasteiger partial charge is 0.417 e. The molecule has 2 rings (SSSR count). The standard InChI is InChI=1S/C14H14F3N3OS/c1-2-3-8-11-19-20-13(22-11)18-12(21)9-6-4-5-7-10(9)14(15,16)17/h4-7H,2-3,8H2,1H3,(H,18,20,21). The lowest BCUT2D eigenvalue weighted by Gasteiger charge is -2.11. The number of benzene rings is 1. The normalized spacial score (nSPS) is 11.5. The number of rotatable bonds is 5. The van der Waals surface area contributed by atoms with E-state index in [2.05, 4.69) is 15.5 Å². The van der Waals surface area contributed by atoms with E-state index in [-0.39, 0.29) is 5.13 Å². The Bertz CT molecular complexity index is 655. The molecule has 1 amide bonds. The van der Waals surface area contributed by atoms with Crippen LogP contribution in [0.15, 0.2) is 24.3 Å². The van der Waals surface area contributed by atoms with E-state index < -0.39 is 23.2 Å². The predicted molar refractivity (Wildman–Crippen MR) is 77.9 cm³/mol. The molecule has 0 atom stereocenters. The summed E-state index contributed by atoms with van der Waals surface area (Å²) in [6, 6.07) is 4.64. The lowest BCUT2D eigenvalue weighted by Crippen LogP contribution is -2.18. The first-order valence-electron chi connectivity index (χ1n) is 6.71. The maximum atomic E-state index is 12.9. The molecule has 2 aromatic rings. The molecule has 1 heterocycles. The van der Waals surface area contributed by atoms with Crippen LogP contribution >= 0.6 is 11.3 Å². The van der Waals surface area contributed by atoms with Gasteiger partial charge in [-0.05, 0) is 18.6 Å². The fraction of sp³-hybridized carbons (Fsp3) is 0.357. The molecule has 0 spiro atoms. The van der Waals surface area contributed by atoms with Crippen molar-refractivity contribution in [1.29, 1.82) is 0 Å². The van der Waals surface area contributed by atoms with Crippen LogP contribution in [-0.2, 0) is 12.6 Å². The number of nitrogens with one attached hydrogen (secondary N) is 1. The lowest BCUT2D eigenvalue weighted by molar-refractivity contribution is -0.137. The van der Waals surface area contributed by atoms with Gasteiger partial charge in [-0.25, -0.2) is 0 Å². The zero-order valence-corrected chi connectivity index (χ0v) is 12.6. The van der Waals surface area contributed by atoms with E-state index in [0.717, 1.165) is 36.4 Å². The van der Waals surface area contributed by atoms with Gasteiger partial charge in [-0.15, -0.1) is 10.2 Å². The average Bonchev–Trinajstić information content (AvgIpc) is 2.91. The Hall–Kier alpha value is -1.96. The number of alkyl halides is 3. The number of hydrogen-bond acceptors (Lipinski definition) is 4. The summed E-state index contributed by atoms with van der Waals surface area (Å²) in [6.45, 7) is 2.04. The zero-order valence-electron chi connectivity index (χ0n) is 11.8. The van der Waals surface area contributed by atoms with Gasteiger partial charge < -0.3 is 0 Å². The molecule has 1 aromatic heterocycles. The summed E-state index contributed by atoms with van der Waals surface area (Å²) < 4.78 is 38.7. The summed E-state index contributed by atoms with van der Waals surface area (Å²) in [6.07, 6.45) is -1.90. The van der Waals surface area contributed by atoms with Crippen molar-refractivity contribution >= 4 is 22.4 Å². The number of unbranched alkanes of at least 4 members (excludes halogenated alkanes) is 1. The lowest BCUT2D eigenvalue weighted by atomic mass is 10.1. The molecule has 22 heavy (non-hydrogen) atoms. The van der Waals surface area contributed by atoms with Gasteiger partial charge in [0.1, 0.15) is 5.01 Å². The minimum absolute atomic E-state index is 0.202. The molecule has 0 aliphatic carbocycles. The first-order valence-corrected chi connectivity index (χ1v) is 7.53. The van der Waals surface area contributed by atoms with Crippen LogP contribution in [0.5, 0.6) is 0 Å². The van der Waals surface area contributed by atoms with Gasteiger partial charge in [0.2, 0.25) is 5.13 Å². The molecule has 0 bridgehead atoms. The molecule has 0 unspecified atom stereocenters. The number of aryl methyl sites for hydroxylation is 1. The summed E-state index contributed by atoms with van der Waals surface area (Å²) in [7, 11) is 0. The van der Waals surface area contributed by atoms with Crippen LogP contribution in [0.4, 0.5) is 18.3 Å². The molecule has 4 nitrogen and oxygen atoms in total. The second-order valence-corrected chi connectivity index (χ2v) is 5.66. The third-order valence-corrected chi connectivity index (χ3v) is 3.81. The minimum Gasteiger partial charge on any atom is -0.296 e. The molecular formula is C14H14F3N3OS. The molecule has 0 saturated carbocycles. The molecular weight excluding hydrogens is 315 g/mol. The monoisotopic (exact) mass is 329 g/mol. The molecule has 118 valence electrons. The van der Waals surface area contributed by atoms with Crippen molar-refractivity contribution in [2.45, 2.75) is 32.4 Å². The van der Waals surface area contributed by atoms with E-state index in [0.29, 0.717) is 0 Å². The van der Waals surface area contributed by atoms with Gasteiger partial charge in [0, 0.05) is 6.42 Å². The third-order valence-electron chi connectivity index (χ3n) is 2.91. The molecule has 0 radical (unpaired) electrons. The topological polar surface area (TPSA) is 54.9 Å². The highest BCUT2D eigenvalue weighted by atomic mass is 32.1. The van der Waals surface area contributed by atoms with Crippen LogP contribution in [-0.4, -0.2) is 16.1 Å². The van der Waals surface area contributed by atoms with Crippen LogP contribution in [0.2, 0.25) is 0 Å². The molecule has 0 aliphatic heterocycles. The SMILES string of the molecule is CCCCc1nnc(NC(=O)c2ccccc2C(F)(F)F)s1. The van der Waals surface area contributed by atoms with Crippen molar-refractivity contribution in [1.82, 2.24) is 10.2 Å². The summed E-state index contributed by atoms with van der Waals surface area (Å²) in [5.41, 5.74) is -1.40. The van der Waals surface area contributed by atoms with E-state index in [1.165, 1.54) is 23.5 Å². The van der Waals surface area contributed by atoms with Crippen molar-refractivity contribution < 1.29 is 18.0 Å². The van der Waals surface area contributed by atoms with Crippen molar-refractivity contribution in [2.24, 2.45) is 0 Å². The molecule has 0 aliphatic rings. The van der Waals surface area contributed by atoms with Gasteiger partial charge in [0.25, 0.3) is 5.91 Å². The zero-order chi connectivity index (χ0) is 16.2. The smallest absolute Gasteiger partial charge is 0.296 e. The van der Waals surface area contributed by atoms with Crippen LogP contribution in [0, 0.1) is 0 Å². The molecule has 8 heteroatoms. The number of aromatic nitrogens is 2. The fourth-order valence-corrected chi connectivity index (χ4v) is 2.60. The van der Waals surface area contributed by atoms with Crippen LogP contribution in [0.1, 0.15) is 40.7 Å². The van der Waals surface area contributed by atoms with Crippen molar-refractivity contribution in [3.63, 3.8) is 0 Å². The van der Waals surface area contributed by atoms with Gasteiger partial charge in [0.05, 0.1) is 11.1 Å².